The van der Waals surface area contributed by atoms with Crippen LogP contribution >= 0.6 is 0 Å². The van der Waals surface area contributed by atoms with Gasteiger partial charge in [0.25, 0.3) is 5.91 Å². The molecule has 1 aromatic heterocycles. The molecule has 1 heterocycles. The summed E-state index contributed by atoms with van der Waals surface area (Å²) in [6.07, 6.45) is 1.49. The molecule has 2 N–H and O–H groups in total. The third kappa shape index (κ3) is 3.02. The maximum absolute atomic E-state index is 13.5. The first-order valence-corrected chi connectivity index (χ1v) is 5.80. The molecule has 2 rings (SSSR count). The zero-order valence-electron chi connectivity index (χ0n) is 10.8. The Morgan fingerprint density at radius 3 is 2.71 bits per heavy atom. The minimum absolute atomic E-state index is 0.0613. The Morgan fingerprint density at radius 1 is 1.43 bits per heavy atom. The van der Waals surface area contributed by atoms with Crippen molar-refractivity contribution < 1.29 is 18.5 Å². The van der Waals surface area contributed by atoms with Crippen molar-refractivity contribution in [3.63, 3.8) is 0 Å². The maximum Gasteiger partial charge on any atom is 0.305 e. The highest BCUT2D eigenvalue weighted by molar-refractivity contribution is 5.95. The monoisotopic (exact) mass is 296 g/mol. The number of aromatic amines is 1. The van der Waals surface area contributed by atoms with Gasteiger partial charge in [-0.1, -0.05) is 0 Å². The van der Waals surface area contributed by atoms with Gasteiger partial charge in [-0.3, -0.25) is 20.0 Å². The van der Waals surface area contributed by atoms with E-state index in [4.69, 9.17) is 0 Å². The second-order valence-electron chi connectivity index (χ2n) is 4.24. The number of nitro groups is 1. The zero-order valence-corrected chi connectivity index (χ0v) is 10.8. The van der Waals surface area contributed by atoms with Gasteiger partial charge in [0.1, 0.15) is 5.82 Å². The average molecular weight is 296 g/mol. The highest BCUT2D eigenvalue weighted by Crippen LogP contribution is 2.21. The van der Waals surface area contributed by atoms with Gasteiger partial charge in [0.2, 0.25) is 5.82 Å². The summed E-state index contributed by atoms with van der Waals surface area (Å²) < 4.78 is 26.7. The van der Waals surface area contributed by atoms with E-state index in [1.54, 1.807) is 6.92 Å². The average Bonchev–Trinajstić information content (AvgIpc) is 2.81. The van der Waals surface area contributed by atoms with Crippen molar-refractivity contribution in [2.45, 2.75) is 13.5 Å². The molecule has 0 aliphatic heterocycles. The zero-order chi connectivity index (χ0) is 15.6. The summed E-state index contributed by atoms with van der Waals surface area (Å²) in [6.45, 7) is 1.80. The third-order valence-electron chi connectivity index (χ3n) is 2.85. The molecule has 9 heteroatoms. The molecule has 7 nitrogen and oxygen atoms in total. The Labute approximate surface area is 117 Å². The van der Waals surface area contributed by atoms with E-state index in [-0.39, 0.29) is 6.54 Å². The highest BCUT2D eigenvalue weighted by Gasteiger charge is 2.22. The highest BCUT2D eigenvalue weighted by atomic mass is 19.1. The number of hydrogen-bond donors (Lipinski definition) is 2. The molecule has 0 radical (unpaired) electrons. The first kappa shape index (κ1) is 14.6. The van der Waals surface area contributed by atoms with Crippen LogP contribution in [0.2, 0.25) is 0 Å². The number of aromatic nitrogens is 2. The van der Waals surface area contributed by atoms with Gasteiger partial charge in [0.15, 0.2) is 0 Å². The number of nitro benzene ring substituents is 1. The molecule has 1 amide bonds. The number of H-pyrrole nitrogens is 1. The molecule has 0 bridgehead atoms. The molecule has 0 saturated heterocycles. The normalized spacial score (nSPS) is 10.4. The predicted molar refractivity (Wildman–Crippen MR) is 67.5 cm³/mol. The summed E-state index contributed by atoms with van der Waals surface area (Å²) in [4.78, 5) is 21.4. The Balaban J connectivity index is 2.21. The Hall–Kier alpha value is -2.84. The number of halogens is 2. The van der Waals surface area contributed by atoms with Gasteiger partial charge in [0.05, 0.1) is 16.7 Å². The first-order valence-electron chi connectivity index (χ1n) is 5.80. The minimum Gasteiger partial charge on any atom is -0.348 e. The second kappa shape index (κ2) is 5.65. The van der Waals surface area contributed by atoms with Gasteiger partial charge in [-0.2, -0.15) is 9.49 Å². The lowest BCUT2D eigenvalue weighted by molar-refractivity contribution is -0.387. The number of hydrogen-bond acceptors (Lipinski definition) is 4. The van der Waals surface area contributed by atoms with E-state index < -0.39 is 33.7 Å². The molecule has 0 saturated carbocycles. The molecule has 1 aromatic carbocycles. The molecule has 2 aromatic rings. The quantitative estimate of drug-likeness (QED) is 0.664. The lowest BCUT2D eigenvalue weighted by Gasteiger charge is -2.06. The van der Waals surface area contributed by atoms with Crippen molar-refractivity contribution in [2.24, 2.45) is 0 Å². The van der Waals surface area contributed by atoms with Crippen LogP contribution in [0, 0.1) is 28.7 Å². The third-order valence-corrected chi connectivity index (χ3v) is 2.85. The van der Waals surface area contributed by atoms with E-state index >= 15 is 0 Å². The molecular formula is C12H10F2N4O3. The van der Waals surface area contributed by atoms with E-state index in [0.29, 0.717) is 17.7 Å². The van der Waals surface area contributed by atoms with Crippen molar-refractivity contribution in [3.05, 3.63) is 56.9 Å². The summed E-state index contributed by atoms with van der Waals surface area (Å²) in [6, 6.07) is 0.887. The molecule has 0 unspecified atom stereocenters. The summed E-state index contributed by atoms with van der Waals surface area (Å²) in [5.41, 5.74) is -0.147. The van der Waals surface area contributed by atoms with Crippen molar-refractivity contribution in [2.75, 3.05) is 0 Å². The molecule has 21 heavy (non-hydrogen) atoms. The number of rotatable bonds is 4. The molecule has 0 fully saturated rings. The van der Waals surface area contributed by atoms with E-state index in [9.17, 15) is 23.7 Å². The fraction of sp³-hybridized carbons (Fsp3) is 0.167. The number of nitrogens with one attached hydrogen (secondary N) is 2. The minimum atomic E-state index is -1.33. The number of amides is 1. The lowest BCUT2D eigenvalue weighted by Crippen LogP contribution is -2.24. The van der Waals surface area contributed by atoms with Gasteiger partial charge in [0, 0.05) is 29.9 Å². The fourth-order valence-corrected chi connectivity index (χ4v) is 1.68. The number of carbonyl (C=O) groups is 1. The number of aryl methyl sites for hydroxylation is 1. The largest absolute Gasteiger partial charge is 0.348 e. The lowest BCUT2D eigenvalue weighted by atomic mass is 10.1. The molecular weight excluding hydrogens is 286 g/mol. The van der Waals surface area contributed by atoms with Crippen LogP contribution in [-0.4, -0.2) is 21.0 Å². The fourth-order valence-electron chi connectivity index (χ4n) is 1.68. The predicted octanol–water partition coefficient (Wildman–Crippen LogP) is 1.83. The maximum atomic E-state index is 13.5. The van der Waals surface area contributed by atoms with Crippen molar-refractivity contribution in [3.8, 4) is 0 Å². The van der Waals surface area contributed by atoms with Gasteiger partial charge in [-0.25, -0.2) is 4.39 Å². The number of benzene rings is 1. The van der Waals surface area contributed by atoms with Crippen molar-refractivity contribution >= 4 is 11.6 Å². The van der Waals surface area contributed by atoms with E-state index in [1.165, 1.54) is 6.20 Å². The molecule has 0 atom stereocenters. The van der Waals surface area contributed by atoms with E-state index in [2.05, 4.69) is 15.5 Å². The summed E-state index contributed by atoms with van der Waals surface area (Å²) >= 11 is 0. The van der Waals surface area contributed by atoms with Crippen LogP contribution < -0.4 is 5.32 Å². The SMILES string of the molecule is Cc1[nH]ncc1CNC(=O)c1cc([N+](=O)[O-])c(F)cc1F. The molecule has 0 aliphatic rings. The first-order chi connectivity index (χ1) is 9.90. The van der Waals surface area contributed by atoms with Gasteiger partial charge in [-0.15, -0.1) is 0 Å². The van der Waals surface area contributed by atoms with Crippen LogP contribution in [0.5, 0.6) is 0 Å². The summed E-state index contributed by atoms with van der Waals surface area (Å²) in [5, 5.41) is 19.4. The van der Waals surface area contributed by atoms with Crippen LogP contribution in [0.1, 0.15) is 21.6 Å². The standard InChI is InChI=1S/C12H10F2N4O3/c1-6-7(5-16-17-6)4-15-12(19)8-2-11(18(20)21)10(14)3-9(8)13/h2-3,5H,4H2,1H3,(H,15,19)(H,16,17). The second-order valence-corrected chi connectivity index (χ2v) is 4.24. The van der Waals surface area contributed by atoms with Crippen molar-refractivity contribution in [1.82, 2.24) is 15.5 Å². The Kier molecular flexibility index (Phi) is 3.92. The van der Waals surface area contributed by atoms with Gasteiger partial charge in [-0.05, 0) is 6.92 Å². The Morgan fingerprint density at radius 2 is 2.14 bits per heavy atom. The molecule has 0 spiro atoms. The smallest absolute Gasteiger partial charge is 0.305 e. The van der Waals surface area contributed by atoms with Gasteiger partial charge < -0.3 is 5.32 Å². The van der Waals surface area contributed by atoms with E-state index in [0.717, 1.165) is 5.69 Å². The molecule has 0 aliphatic carbocycles. The van der Waals surface area contributed by atoms with Crippen LogP contribution in [0.15, 0.2) is 18.3 Å². The van der Waals surface area contributed by atoms with Gasteiger partial charge >= 0.3 is 5.69 Å². The molecule has 110 valence electrons. The van der Waals surface area contributed by atoms with Crippen LogP contribution in [0.25, 0.3) is 0 Å². The number of carbonyl (C=O) groups excluding carboxylic acids is 1. The summed E-state index contributed by atoms with van der Waals surface area (Å²) in [5.74, 6) is -3.38. The topological polar surface area (TPSA) is 101 Å². The van der Waals surface area contributed by atoms with Crippen LogP contribution in [0.3, 0.4) is 0 Å². The van der Waals surface area contributed by atoms with E-state index in [1.807, 2.05) is 0 Å². The van der Waals surface area contributed by atoms with Crippen LogP contribution in [0.4, 0.5) is 14.5 Å². The van der Waals surface area contributed by atoms with Crippen molar-refractivity contribution in [1.29, 1.82) is 0 Å². The number of nitrogens with zero attached hydrogens (tertiary/aromatic N) is 2. The Bertz CT molecular complexity index is 715. The van der Waals surface area contributed by atoms with Crippen LogP contribution in [-0.2, 0) is 6.54 Å². The summed E-state index contributed by atoms with van der Waals surface area (Å²) in [7, 11) is 0.